The predicted molar refractivity (Wildman–Crippen MR) is 95.8 cm³/mol. The van der Waals surface area contributed by atoms with Crippen LogP contribution in [0.4, 0.5) is 0 Å². The molecule has 0 unspecified atom stereocenters. The van der Waals surface area contributed by atoms with Gasteiger partial charge in [0.25, 0.3) is 0 Å². The molecule has 0 aliphatic carbocycles. The summed E-state index contributed by atoms with van der Waals surface area (Å²) >= 11 is 5.85. The second kappa shape index (κ2) is 9.08. The molecule has 2 aromatic rings. The number of carbonyl (C=O) groups is 2. The Hall–Kier alpha value is -2.53. The Morgan fingerprint density at radius 1 is 1.04 bits per heavy atom. The number of rotatable bonds is 8. The smallest absolute Gasteiger partial charge is 0.323 e. The topological polar surface area (TPSA) is 66.8 Å². The fourth-order valence-corrected chi connectivity index (χ4v) is 2.53. The molecule has 6 heteroatoms. The molecule has 1 N–H and O–H groups in total. The van der Waals surface area contributed by atoms with Crippen molar-refractivity contribution in [2.24, 2.45) is 0 Å². The van der Waals surface area contributed by atoms with Crippen LogP contribution in [0.3, 0.4) is 0 Å². The first-order valence-corrected chi connectivity index (χ1v) is 8.22. The average Bonchev–Trinajstić information content (AvgIpc) is 2.61. The number of hydrogen-bond acceptors (Lipinski definition) is 3. The van der Waals surface area contributed by atoms with Gasteiger partial charge >= 0.3 is 5.97 Å². The van der Waals surface area contributed by atoms with Crippen molar-refractivity contribution < 1.29 is 19.4 Å². The molecule has 0 saturated carbocycles. The average molecular weight is 362 g/mol. The molecule has 2 rings (SSSR count). The molecule has 0 fully saturated rings. The fourth-order valence-electron chi connectivity index (χ4n) is 2.41. The quantitative estimate of drug-likeness (QED) is 0.782. The Morgan fingerprint density at radius 3 is 2.20 bits per heavy atom. The molecule has 0 aromatic heterocycles. The maximum absolute atomic E-state index is 12.5. The molecule has 0 saturated heterocycles. The summed E-state index contributed by atoms with van der Waals surface area (Å²) in [4.78, 5) is 24.9. The summed E-state index contributed by atoms with van der Waals surface area (Å²) in [5.74, 6) is -0.481. The van der Waals surface area contributed by atoms with E-state index in [4.69, 9.17) is 21.4 Å². The van der Waals surface area contributed by atoms with Crippen molar-refractivity contribution in [3.63, 3.8) is 0 Å². The third-order valence-electron chi connectivity index (χ3n) is 3.75. The summed E-state index contributed by atoms with van der Waals surface area (Å²) in [6.07, 6.45) is 0.784. The van der Waals surface area contributed by atoms with Gasteiger partial charge in [0.1, 0.15) is 12.3 Å². The van der Waals surface area contributed by atoms with E-state index in [1.165, 1.54) is 4.90 Å². The highest BCUT2D eigenvalue weighted by molar-refractivity contribution is 6.30. The molecule has 0 aliphatic rings. The second-order valence-electron chi connectivity index (χ2n) is 5.62. The Bertz CT molecular complexity index is 713. The van der Waals surface area contributed by atoms with Crippen molar-refractivity contribution in [1.29, 1.82) is 0 Å². The van der Waals surface area contributed by atoms with Gasteiger partial charge in [-0.05, 0) is 41.8 Å². The summed E-state index contributed by atoms with van der Waals surface area (Å²) in [5.41, 5.74) is 1.83. The number of aliphatic carboxylic acids is 1. The highest BCUT2D eigenvalue weighted by Crippen LogP contribution is 2.15. The van der Waals surface area contributed by atoms with Crippen LogP contribution in [0.25, 0.3) is 0 Å². The van der Waals surface area contributed by atoms with Gasteiger partial charge in [0, 0.05) is 18.0 Å². The Kier molecular flexibility index (Phi) is 6.83. The van der Waals surface area contributed by atoms with Crippen LogP contribution in [-0.2, 0) is 22.6 Å². The third kappa shape index (κ3) is 6.12. The highest BCUT2D eigenvalue weighted by Gasteiger charge is 2.17. The first-order chi connectivity index (χ1) is 12.0. The van der Waals surface area contributed by atoms with Gasteiger partial charge in [0.05, 0.1) is 7.11 Å². The SMILES string of the molecule is COc1ccc(CCC(=O)N(CC(=O)O)Cc2ccc(Cl)cc2)cc1. The molecule has 0 spiro atoms. The van der Waals surface area contributed by atoms with Crippen LogP contribution in [0.1, 0.15) is 17.5 Å². The Balaban J connectivity index is 1.99. The molecular formula is C19H20ClNO4. The lowest BCUT2D eigenvalue weighted by Crippen LogP contribution is -2.35. The van der Waals surface area contributed by atoms with E-state index in [1.54, 1.807) is 31.4 Å². The number of carboxylic acid groups (broad SMARTS) is 1. The van der Waals surface area contributed by atoms with Gasteiger partial charge in [-0.15, -0.1) is 0 Å². The minimum absolute atomic E-state index is 0.201. The normalized spacial score (nSPS) is 10.3. The monoisotopic (exact) mass is 361 g/mol. The predicted octanol–water partition coefficient (Wildman–Crippen LogP) is 3.39. The Morgan fingerprint density at radius 2 is 1.64 bits per heavy atom. The number of carbonyl (C=O) groups excluding carboxylic acids is 1. The molecule has 1 amide bonds. The standard InChI is InChI=1S/C19H20ClNO4/c1-25-17-9-4-14(5-10-17)6-11-18(22)21(13-19(23)24)12-15-2-7-16(20)8-3-15/h2-5,7-10H,6,11-13H2,1H3,(H,23,24). The highest BCUT2D eigenvalue weighted by atomic mass is 35.5. The van der Waals surface area contributed by atoms with Crippen LogP contribution in [0.5, 0.6) is 5.75 Å². The molecule has 0 heterocycles. The zero-order valence-corrected chi connectivity index (χ0v) is 14.7. The molecule has 5 nitrogen and oxygen atoms in total. The van der Waals surface area contributed by atoms with E-state index in [2.05, 4.69) is 0 Å². The zero-order valence-electron chi connectivity index (χ0n) is 13.9. The van der Waals surface area contributed by atoms with Crippen LogP contribution >= 0.6 is 11.6 Å². The largest absolute Gasteiger partial charge is 0.497 e. The van der Waals surface area contributed by atoms with Gasteiger partial charge in [-0.1, -0.05) is 35.9 Å². The van der Waals surface area contributed by atoms with E-state index in [0.717, 1.165) is 16.9 Å². The van der Waals surface area contributed by atoms with E-state index in [9.17, 15) is 9.59 Å². The molecule has 0 radical (unpaired) electrons. The van der Waals surface area contributed by atoms with E-state index in [1.807, 2.05) is 24.3 Å². The molecule has 25 heavy (non-hydrogen) atoms. The number of carboxylic acids is 1. The number of nitrogens with zero attached hydrogens (tertiary/aromatic N) is 1. The first-order valence-electron chi connectivity index (χ1n) is 7.85. The zero-order chi connectivity index (χ0) is 18.2. The molecule has 132 valence electrons. The lowest BCUT2D eigenvalue weighted by Gasteiger charge is -2.21. The summed E-state index contributed by atoms with van der Waals surface area (Å²) in [6, 6.07) is 14.5. The molecular weight excluding hydrogens is 342 g/mol. The van der Waals surface area contributed by atoms with Crippen molar-refractivity contribution in [2.75, 3.05) is 13.7 Å². The van der Waals surface area contributed by atoms with E-state index < -0.39 is 5.97 Å². The second-order valence-corrected chi connectivity index (χ2v) is 6.05. The maximum atomic E-state index is 12.5. The number of halogens is 1. The number of ether oxygens (including phenoxy) is 1. The number of amides is 1. The maximum Gasteiger partial charge on any atom is 0.323 e. The summed E-state index contributed by atoms with van der Waals surface area (Å²) in [5, 5.41) is 9.67. The number of aryl methyl sites for hydroxylation is 1. The van der Waals surface area contributed by atoms with E-state index in [0.29, 0.717) is 11.4 Å². The molecule has 0 aliphatic heterocycles. The molecule has 0 atom stereocenters. The van der Waals surface area contributed by atoms with Gasteiger partial charge in [-0.3, -0.25) is 9.59 Å². The Labute approximate surface area is 151 Å². The van der Waals surface area contributed by atoms with Crippen LogP contribution < -0.4 is 4.74 Å². The van der Waals surface area contributed by atoms with Gasteiger partial charge in [0.15, 0.2) is 0 Å². The van der Waals surface area contributed by atoms with E-state index >= 15 is 0 Å². The van der Waals surface area contributed by atoms with Crippen LogP contribution in [0, 0.1) is 0 Å². The summed E-state index contributed by atoms with van der Waals surface area (Å²) in [6.45, 7) is -0.0883. The van der Waals surface area contributed by atoms with E-state index in [-0.39, 0.29) is 25.4 Å². The van der Waals surface area contributed by atoms with Gasteiger partial charge in [-0.25, -0.2) is 0 Å². The van der Waals surface area contributed by atoms with Crippen LogP contribution in [0.15, 0.2) is 48.5 Å². The lowest BCUT2D eigenvalue weighted by molar-refractivity contribution is -0.144. The lowest BCUT2D eigenvalue weighted by atomic mass is 10.1. The summed E-state index contributed by atoms with van der Waals surface area (Å²) in [7, 11) is 1.60. The molecule has 0 bridgehead atoms. The number of methoxy groups -OCH3 is 1. The van der Waals surface area contributed by atoms with Gasteiger partial charge in [0.2, 0.25) is 5.91 Å². The van der Waals surface area contributed by atoms with Gasteiger partial charge in [-0.2, -0.15) is 0 Å². The minimum Gasteiger partial charge on any atom is -0.497 e. The van der Waals surface area contributed by atoms with Crippen molar-refractivity contribution >= 4 is 23.5 Å². The van der Waals surface area contributed by atoms with Crippen molar-refractivity contribution in [1.82, 2.24) is 4.90 Å². The number of benzene rings is 2. The van der Waals surface area contributed by atoms with Crippen LogP contribution in [-0.4, -0.2) is 35.5 Å². The third-order valence-corrected chi connectivity index (χ3v) is 4.00. The summed E-state index contributed by atoms with van der Waals surface area (Å²) < 4.78 is 5.10. The fraction of sp³-hybridized carbons (Fsp3) is 0.263. The van der Waals surface area contributed by atoms with Crippen LogP contribution in [0.2, 0.25) is 5.02 Å². The van der Waals surface area contributed by atoms with Gasteiger partial charge < -0.3 is 14.7 Å². The van der Waals surface area contributed by atoms with Crippen molar-refractivity contribution in [3.8, 4) is 5.75 Å². The number of hydrogen-bond donors (Lipinski definition) is 1. The minimum atomic E-state index is -1.04. The van der Waals surface area contributed by atoms with Crippen molar-refractivity contribution in [3.05, 3.63) is 64.7 Å². The molecule has 2 aromatic carbocycles. The first kappa shape index (κ1) is 18.8. The van der Waals surface area contributed by atoms with Crippen molar-refractivity contribution in [2.45, 2.75) is 19.4 Å².